The fourth-order valence-corrected chi connectivity index (χ4v) is 6.14. The van der Waals surface area contributed by atoms with Gasteiger partial charge in [-0.2, -0.15) is 0 Å². The molecule has 0 aliphatic carbocycles. The highest BCUT2D eigenvalue weighted by molar-refractivity contribution is 7.89. The molecular weight excluding hydrogens is 511 g/mol. The van der Waals surface area contributed by atoms with E-state index in [4.69, 9.17) is 14.7 Å². The summed E-state index contributed by atoms with van der Waals surface area (Å²) in [6.07, 6.45) is 2.64. The molecule has 0 aliphatic rings. The number of ether oxygens (including phenoxy) is 1. The van der Waals surface area contributed by atoms with Gasteiger partial charge in [-0.05, 0) is 79.9 Å². The predicted octanol–water partition coefficient (Wildman–Crippen LogP) is 5.58. The minimum Gasteiger partial charge on any atom is -0.492 e. The van der Waals surface area contributed by atoms with Crippen LogP contribution in [0, 0.1) is 19.7 Å². The van der Waals surface area contributed by atoms with Gasteiger partial charge in [-0.1, -0.05) is 6.92 Å². The number of thiazole rings is 1. The molecule has 0 saturated carbocycles. The summed E-state index contributed by atoms with van der Waals surface area (Å²) in [5.41, 5.74) is 6.51. The number of benzene rings is 3. The Bertz CT molecular complexity index is 1720. The summed E-state index contributed by atoms with van der Waals surface area (Å²) in [6.45, 7) is 6.27. The van der Waals surface area contributed by atoms with Crippen molar-refractivity contribution in [3.05, 3.63) is 77.4 Å². The van der Waals surface area contributed by atoms with Crippen molar-refractivity contribution in [3.8, 4) is 16.3 Å². The second-order valence-corrected chi connectivity index (χ2v) is 11.5. The lowest BCUT2D eigenvalue weighted by Crippen LogP contribution is -2.28. The van der Waals surface area contributed by atoms with Crippen molar-refractivity contribution in [3.63, 3.8) is 0 Å². The van der Waals surface area contributed by atoms with Crippen LogP contribution in [0.25, 0.3) is 31.8 Å². The Hall–Kier alpha value is -3.47. The number of aromatic nitrogens is 3. The molecule has 1 N–H and O–H groups in total. The quantitative estimate of drug-likeness (QED) is 0.260. The molecule has 2 aromatic heterocycles. The molecule has 190 valence electrons. The number of hydrogen-bond donors (Lipinski definition) is 1. The molecule has 0 fully saturated rings. The van der Waals surface area contributed by atoms with Crippen molar-refractivity contribution in [1.29, 1.82) is 0 Å². The third-order valence-corrected chi connectivity index (χ3v) is 8.39. The van der Waals surface area contributed by atoms with Crippen LogP contribution >= 0.6 is 11.3 Å². The van der Waals surface area contributed by atoms with Gasteiger partial charge >= 0.3 is 0 Å². The zero-order chi connectivity index (χ0) is 26.2. The van der Waals surface area contributed by atoms with Crippen molar-refractivity contribution in [2.45, 2.75) is 32.1 Å². The second kappa shape index (κ2) is 10.1. The largest absolute Gasteiger partial charge is 0.492 e. The second-order valence-electron chi connectivity index (χ2n) is 8.70. The summed E-state index contributed by atoms with van der Waals surface area (Å²) in [6, 6.07) is 12.6. The van der Waals surface area contributed by atoms with Crippen LogP contribution in [0.4, 0.5) is 4.39 Å². The lowest BCUT2D eigenvalue weighted by Gasteiger charge is -2.09. The van der Waals surface area contributed by atoms with Gasteiger partial charge < -0.3 is 4.74 Å². The highest BCUT2D eigenvalue weighted by atomic mass is 32.2. The Balaban J connectivity index is 1.35. The van der Waals surface area contributed by atoms with Crippen LogP contribution < -0.4 is 9.46 Å². The lowest BCUT2D eigenvalue weighted by molar-refractivity contribution is 0.323. The molecule has 5 aromatic rings. The minimum absolute atomic E-state index is 0.00244. The minimum atomic E-state index is -3.74. The predicted molar refractivity (Wildman–Crippen MR) is 144 cm³/mol. The first-order valence-corrected chi connectivity index (χ1v) is 14.1. The van der Waals surface area contributed by atoms with Crippen molar-refractivity contribution < 1.29 is 17.5 Å². The van der Waals surface area contributed by atoms with Crippen molar-refractivity contribution in [2.75, 3.05) is 13.2 Å². The summed E-state index contributed by atoms with van der Waals surface area (Å²) < 4.78 is 47.1. The third-order valence-electron chi connectivity index (χ3n) is 5.88. The van der Waals surface area contributed by atoms with E-state index in [0.29, 0.717) is 5.75 Å². The first-order valence-electron chi connectivity index (χ1n) is 11.8. The highest BCUT2D eigenvalue weighted by Crippen LogP contribution is 2.37. The number of fused-ring (bicyclic) bond motifs is 2. The van der Waals surface area contributed by atoms with Crippen LogP contribution in [-0.2, 0) is 16.4 Å². The van der Waals surface area contributed by atoms with Gasteiger partial charge in [-0.25, -0.2) is 27.5 Å². The average molecular weight is 537 g/mol. The molecule has 3 aromatic carbocycles. The van der Waals surface area contributed by atoms with E-state index >= 15 is 0 Å². The Morgan fingerprint density at radius 2 is 1.81 bits per heavy atom. The Labute approximate surface area is 218 Å². The molecule has 0 spiro atoms. The zero-order valence-electron chi connectivity index (χ0n) is 20.6. The number of sulfonamides is 1. The molecule has 0 bridgehead atoms. The van der Waals surface area contributed by atoms with E-state index in [-0.39, 0.29) is 18.0 Å². The summed E-state index contributed by atoms with van der Waals surface area (Å²) in [5.74, 6) is 0.135. The third kappa shape index (κ3) is 5.31. The van der Waals surface area contributed by atoms with E-state index in [1.165, 1.54) is 12.1 Å². The molecule has 0 amide bonds. The zero-order valence-corrected chi connectivity index (χ0v) is 22.2. The topological polar surface area (TPSA) is 94.1 Å². The Morgan fingerprint density at radius 1 is 1.03 bits per heavy atom. The first-order chi connectivity index (χ1) is 17.7. The molecular formula is C27H25FN4O3S2. The number of nitrogens with zero attached hydrogens (tertiary/aromatic N) is 3. The standard InChI is InChI=1S/C27H25FN4O3S2/c1-4-19-15-29-26-22(11-16(2)12-23(26)31-19)27-32-25-17(3)13-20(14-24(25)36-27)35-10-9-30-37(33,34)21-7-5-18(28)6-8-21/h5-8,11-15,30H,4,9-10H2,1-3H3. The average Bonchev–Trinajstić information content (AvgIpc) is 3.31. The summed E-state index contributed by atoms with van der Waals surface area (Å²) in [7, 11) is -3.74. The molecule has 7 nitrogen and oxygen atoms in total. The summed E-state index contributed by atoms with van der Waals surface area (Å²) >= 11 is 1.55. The Morgan fingerprint density at radius 3 is 2.57 bits per heavy atom. The van der Waals surface area contributed by atoms with Gasteiger partial charge in [-0.3, -0.25) is 4.98 Å². The monoisotopic (exact) mass is 536 g/mol. The summed E-state index contributed by atoms with van der Waals surface area (Å²) in [4.78, 5) is 14.3. The smallest absolute Gasteiger partial charge is 0.240 e. The van der Waals surface area contributed by atoms with E-state index < -0.39 is 15.8 Å². The van der Waals surface area contributed by atoms with Gasteiger partial charge in [0, 0.05) is 18.3 Å². The van der Waals surface area contributed by atoms with E-state index in [0.717, 1.165) is 67.2 Å². The van der Waals surface area contributed by atoms with Gasteiger partial charge in [0.2, 0.25) is 10.0 Å². The van der Waals surface area contributed by atoms with Crippen LogP contribution in [0.1, 0.15) is 23.7 Å². The molecule has 0 saturated heterocycles. The number of hydrogen-bond acceptors (Lipinski definition) is 7. The highest BCUT2D eigenvalue weighted by Gasteiger charge is 2.16. The van der Waals surface area contributed by atoms with Crippen molar-refractivity contribution in [1.82, 2.24) is 19.7 Å². The number of aryl methyl sites for hydroxylation is 3. The molecule has 2 heterocycles. The maximum Gasteiger partial charge on any atom is 0.240 e. The summed E-state index contributed by atoms with van der Waals surface area (Å²) in [5, 5.41) is 0.856. The van der Waals surface area contributed by atoms with Crippen LogP contribution in [-0.4, -0.2) is 36.5 Å². The van der Waals surface area contributed by atoms with Crippen LogP contribution in [0.5, 0.6) is 5.75 Å². The number of rotatable bonds is 8. The SMILES string of the molecule is CCc1cnc2c(-c3nc4c(C)cc(OCCNS(=O)(=O)c5ccc(F)cc5)cc4s3)cc(C)cc2n1. The van der Waals surface area contributed by atoms with Gasteiger partial charge in [0.25, 0.3) is 0 Å². The van der Waals surface area contributed by atoms with Crippen molar-refractivity contribution >= 4 is 42.6 Å². The fourth-order valence-electron chi connectivity index (χ4n) is 4.04. The molecule has 5 rings (SSSR count). The molecule has 0 atom stereocenters. The number of nitrogens with one attached hydrogen (secondary N) is 1. The van der Waals surface area contributed by atoms with Gasteiger partial charge in [0.05, 0.1) is 31.8 Å². The first kappa shape index (κ1) is 25.2. The molecule has 0 radical (unpaired) electrons. The fraction of sp³-hybridized carbons (Fsp3) is 0.222. The molecule has 0 unspecified atom stereocenters. The molecule has 37 heavy (non-hydrogen) atoms. The van der Waals surface area contributed by atoms with Gasteiger partial charge in [0.1, 0.15) is 23.2 Å². The van der Waals surface area contributed by atoms with E-state index in [1.54, 1.807) is 11.3 Å². The van der Waals surface area contributed by atoms with E-state index in [1.807, 2.05) is 38.2 Å². The van der Waals surface area contributed by atoms with E-state index in [9.17, 15) is 12.8 Å². The molecule has 0 aliphatic heterocycles. The maximum atomic E-state index is 13.1. The van der Waals surface area contributed by atoms with Gasteiger partial charge in [0.15, 0.2) is 0 Å². The number of halogens is 1. The van der Waals surface area contributed by atoms with E-state index in [2.05, 4.69) is 22.7 Å². The van der Waals surface area contributed by atoms with Crippen LogP contribution in [0.15, 0.2) is 59.6 Å². The normalized spacial score (nSPS) is 11.9. The van der Waals surface area contributed by atoms with Crippen LogP contribution in [0.2, 0.25) is 0 Å². The maximum absolute atomic E-state index is 13.1. The van der Waals surface area contributed by atoms with Crippen molar-refractivity contribution in [2.24, 2.45) is 0 Å². The Kier molecular flexibility index (Phi) is 6.89. The van der Waals surface area contributed by atoms with Gasteiger partial charge in [-0.15, -0.1) is 11.3 Å². The molecule has 10 heteroatoms. The van der Waals surface area contributed by atoms with Crippen LogP contribution in [0.3, 0.4) is 0 Å². The lowest BCUT2D eigenvalue weighted by atomic mass is 10.1.